The highest BCUT2D eigenvalue weighted by Gasteiger charge is 2.14. The Bertz CT molecular complexity index is 755. The lowest BCUT2D eigenvalue weighted by atomic mass is 10.2. The van der Waals surface area contributed by atoms with E-state index in [2.05, 4.69) is 4.98 Å². The van der Waals surface area contributed by atoms with Crippen molar-refractivity contribution in [2.75, 3.05) is 0 Å². The molecule has 1 aromatic carbocycles. The Balaban J connectivity index is 2.26. The summed E-state index contributed by atoms with van der Waals surface area (Å²) in [7, 11) is 1.32. The third kappa shape index (κ3) is 3.70. The minimum Gasteiger partial charge on any atom is -0.473 e. The highest BCUT2D eigenvalue weighted by molar-refractivity contribution is 8.13. The summed E-state index contributed by atoms with van der Waals surface area (Å²) in [5, 5.41) is 8.83. The SMILES string of the molecule is N#Cc1cc(S(=O)(=O)Cl)cc(OCc2ccccc2)n1. The molecule has 2 aromatic rings. The molecule has 0 fully saturated rings. The topological polar surface area (TPSA) is 80.0 Å². The quantitative estimate of drug-likeness (QED) is 0.810. The molecule has 0 amide bonds. The second-order valence-corrected chi connectivity index (χ2v) is 6.42. The van der Waals surface area contributed by atoms with Gasteiger partial charge >= 0.3 is 0 Å². The molecule has 0 saturated heterocycles. The second kappa shape index (κ2) is 5.90. The van der Waals surface area contributed by atoms with Gasteiger partial charge in [-0.1, -0.05) is 30.3 Å². The Morgan fingerprint density at radius 2 is 1.95 bits per heavy atom. The molecule has 2 rings (SSSR count). The van der Waals surface area contributed by atoms with Crippen molar-refractivity contribution >= 4 is 19.7 Å². The first-order valence-electron chi connectivity index (χ1n) is 5.52. The molecule has 1 aromatic heterocycles. The number of halogens is 1. The first kappa shape index (κ1) is 14.3. The van der Waals surface area contributed by atoms with Crippen LogP contribution in [0.25, 0.3) is 0 Å². The molecule has 0 saturated carbocycles. The molecule has 0 spiro atoms. The van der Waals surface area contributed by atoms with Gasteiger partial charge in [0.05, 0.1) is 4.90 Å². The van der Waals surface area contributed by atoms with Crippen molar-refractivity contribution in [3.05, 3.63) is 53.7 Å². The Morgan fingerprint density at radius 3 is 2.55 bits per heavy atom. The van der Waals surface area contributed by atoms with Gasteiger partial charge in [-0.2, -0.15) is 5.26 Å². The predicted octanol–water partition coefficient (Wildman–Crippen LogP) is 2.46. The number of pyridine rings is 1. The van der Waals surface area contributed by atoms with Crippen LogP contribution in [-0.2, 0) is 15.7 Å². The van der Waals surface area contributed by atoms with Crippen molar-refractivity contribution in [2.45, 2.75) is 11.5 Å². The molecule has 102 valence electrons. The van der Waals surface area contributed by atoms with Gasteiger partial charge in [0.1, 0.15) is 18.4 Å². The molecule has 0 unspecified atom stereocenters. The smallest absolute Gasteiger partial charge is 0.261 e. The summed E-state index contributed by atoms with van der Waals surface area (Å²) in [5.74, 6) is 0.0344. The maximum absolute atomic E-state index is 11.3. The zero-order valence-corrected chi connectivity index (χ0v) is 11.7. The van der Waals surface area contributed by atoms with E-state index < -0.39 is 9.05 Å². The molecular formula is C13H9ClN2O3S. The normalized spacial score (nSPS) is 10.8. The first-order chi connectivity index (χ1) is 9.49. The summed E-state index contributed by atoms with van der Waals surface area (Å²) >= 11 is 0. The van der Waals surface area contributed by atoms with Crippen molar-refractivity contribution < 1.29 is 13.2 Å². The van der Waals surface area contributed by atoms with Crippen LogP contribution < -0.4 is 4.74 Å². The number of hydrogen-bond acceptors (Lipinski definition) is 5. The molecule has 20 heavy (non-hydrogen) atoms. The van der Waals surface area contributed by atoms with Gasteiger partial charge in [0.15, 0.2) is 0 Å². The van der Waals surface area contributed by atoms with E-state index in [9.17, 15) is 8.42 Å². The van der Waals surface area contributed by atoms with Gasteiger partial charge < -0.3 is 4.74 Å². The van der Waals surface area contributed by atoms with Crippen molar-refractivity contribution in [3.63, 3.8) is 0 Å². The molecular weight excluding hydrogens is 300 g/mol. The minimum absolute atomic E-state index is 0.0344. The fraction of sp³-hybridized carbons (Fsp3) is 0.0769. The molecule has 7 heteroatoms. The molecule has 0 N–H and O–H groups in total. The maximum atomic E-state index is 11.3. The number of hydrogen-bond donors (Lipinski definition) is 0. The molecule has 0 aliphatic carbocycles. The lowest BCUT2D eigenvalue weighted by molar-refractivity contribution is 0.292. The summed E-state index contributed by atoms with van der Waals surface area (Å²) in [4.78, 5) is 3.66. The Kier molecular flexibility index (Phi) is 4.23. The van der Waals surface area contributed by atoms with Gasteiger partial charge in [-0.25, -0.2) is 13.4 Å². The number of nitrogens with zero attached hydrogens (tertiary/aromatic N) is 2. The van der Waals surface area contributed by atoms with Crippen LogP contribution in [0.15, 0.2) is 47.4 Å². The molecule has 1 heterocycles. The largest absolute Gasteiger partial charge is 0.473 e. The van der Waals surface area contributed by atoms with Crippen LogP contribution in [-0.4, -0.2) is 13.4 Å². The van der Waals surface area contributed by atoms with Crippen molar-refractivity contribution in [3.8, 4) is 11.9 Å². The van der Waals surface area contributed by atoms with Gasteiger partial charge in [0, 0.05) is 16.7 Å². The van der Waals surface area contributed by atoms with E-state index in [1.165, 1.54) is 6.07 Å². The summed E-state index contributed by atoms with van der Waals surface area (Å²) in [6.07, 6.45) is 0. The lowest BCUT2D eigenvalue weighted by Crippen LogP contribution is -2.01. The van der Waals surface area contributed by atoms with Crippen LogP contribution in [0, 0.1) is 11.3 Å². The third-order valence-corrected chi connectivity index (χ3v) is 3.73. The van der Waals surface area contributed by atoms with E-state index in [1.54, 1.807) is 6.07 Å². The zero-order chi connectivity index (χ0) is 14.6. The lowest BCUT2D eigenvalue weighted by Gasteiger charge is -2.06. The van der Waals surface area contributed by atoms with E-state index in [0.29, 0.717) is 0 Å². The monoisotopic (exact) mass is 308 g/mol. The molecule has 0 aliphatic rings. The standard InChI is InChI=1S/C13H9ClN2O3S/c14-20(17,18)12-6-11(8-15)16-13(7-12)19-9-10-4-2-1-3-5-10/h1-7H,9H2. The second-order valence-electron chi connectivity index (χ2n) is 3.85. The van der Waals surface area contributed by atoms with Crippen molar-refractivity contribution in [1.29, 1.82) is 5.26 Å². The Labute approximate surface area is 120 Å². The van der Waals surface area contributed by atoms with Gasteiger partial charge in [-0.15, -0.1) is 0 Å². The number of benzene rings is 1. The van der Waals surface area contributed by atoms with Crippen molar-refractivity contribution in [1.82, 2.24) is 4.98 Å². The van der Waals surface area contributed by atoms with Gasteiger partial charge in [-0.3, -0.25) is 0 Å². The summed E-state index contributed by atoms with van der Waals surface area (Å²) in [5.41, 5.74) is 0.821. The first-order valence-corrected chi connectivity index (χ1v) is 7.83. The van der Waals surface area contributed by atoms with E-state index >= 15 is 0 Å². The molecule has 0 bridgehead atoms. The highest BCUT2D eigenvalue weighted by atomic mass is 35.7. The molecule has 5 nitrogen and oxygen atoms in total. The fourth-order valence-electron chi connectivity index (χ4n) is 1.48. The number of ether oxygens (including phenoxy) is 1. The third-order valence-electron chi connectivity index (χ3n) is 2.40. The fourth-order valence-corrected chi connectivity index (χ4v) is 2.25. The van der Waals surface area contributed by atoms with Gasteiger partial charge in [0.2, 0.25) is 5.88 Å². The van der Waals surface area contributed by atoms with Crippen molar-refractivity contribution in [2.24, 2.45) is 0 Å². The van der Waals surface area contributed by atoms with E-state index in [-0.39, 0.29) is 23.1 Å². The van der Waals surface area contributed by atoms with Crippen LogP contribution >= 0.6 is 10.7 Å². The van der Waals surface area contributed by atoms with E-state index in [4.69, 9.17) is 20.7 Å². The number of aromatic nitrogens is 1. The molecule has 0 radical (unpaired) electrons. The van der Waals surface area contributed by atoms with Crippen LogP contribution in [0.4, 0.5) is 0 Å². The minimum atomic E-state index is -3.94. The van der Waals surface area contributed by atoms with Gasteiger partial charge in [0.25, 0.3) is 9.05 Å². The van der Waals surface area contributed by atoms with Crippen LogP contribution in [0.1, 0.15) is 11.3 Å². The average molecular weight is 309 g/mol. The van der Waals surface area contributed by atoms with E-state index in [0.717, 1.165) is 11.6 Å². The summed E-state index contributed by atoms with van der Waals surface area (Å²) in [6, 6.07) is 13.3. The molecule has 0 aliphatic heterocycles. The number of nitriles is 1. The zero-order valence-electron chi connectivity index (χ0n) is 10.2. The predicted molar refractivity (Wildman–Crippen MR) is 72.8 cm³/mol. The van der Waals surface area contributed by atoms with Gasteiger partial charge in [-0.05, 0) is 11.6 Å². The number of rotatable bonds is 4. The van der Waals surface area contributed by atoms with Crippen LogP contribution in [0.2, 0.25) is 0 Å². The summed E-state index contributed by atoms with van der Waals surface area (Å²) in [6.45, 7) is 0.213. The van der Waals surface area contributed by atoms with Crippen LogP contribution in [0.5, 0.6) is 5.88 Å². The molecule has 0 atom stereocenters. The average Bonchev–Trinajstić information content (AvgIpc) is 2.45. The maximum Gasteiger partial charge on any atom is 0.261 e. The Hall–Kier alpha value is -2.10. The summed E-state index contributed by atoms with van der Waals surface area (Å²) < 4.78 is 28.0. The highest BCUT2D eigenvalue weighted by Crippen LogP contribution is 2.21. The van der Waals surface area contributed by atoms with E-state index in [1.807, 2.05) is 30.3 Å². The van der Waals surface area contributed by atoms with Crippen LogP contribution in [0.3, 0.4) is 0 Å². The Morgan fingerprint density at radius 1 is 1.25 bits per heavy atom.